The van der Waals surface area contributed by atoms with E-state index >= 15 is 0 Å². The van der Waals surface area contributed by atoms with Crippen molar-refractivity contribution in [3.63, 3.8) is 0 Å². The molecule has 7 heteroatoms. The van der Waals surface area contributed by atoms with Crippen molar-refractivity contribution < 1.29 is 9.53 Å². The predicted octanol–water partition coefficient (Wildman–Crippen LogP) is 7.24. The zero-order valence-electron chi connectivity index (χ0n) is 17.1. The molecule has 0 atom stereocenters. The van der Waals surface area contributed by atoms with Crippen LogP contribution in [0, 0.1) is 7.14 Å². The Morgan fingerprint density at radius 3 is 2.74 bits per heavy atom. The minimum Gasteiger partial charge on any atom is -0.492 e. The number of carbonyl (C=O) groups is 1. The molecule has 1 N–H and O–H groups in total. The van der Waals surface area contributed by atoms with Crippen molar-refractivity contribution >= 4 is 79.3 Å². The van der Waals surface area contributed by atoms with Crippen molar-refractivity contribution in [1.29, 1.82) is 0 Å². The van der Waals surface area contributed by atoms with Gasteiger partial charge in [-0.1, -0.05) is 18.2 Å². The average Bonchev–Trinajstić information content (AvgIpc) is 3.13. The second-order valence-corrected chi connectivity index (χ2v) is 10.7. The van der Waals surface area contributed by atoms with Gasteiger partial charge in [0.15, 0.2) is 0 Å². The number of aryl methyl sites for hydroxylation is 1. The van der Waals surface area contributed by atoms with Gasteiger partial charge < -0.3 is 10.1 Å². The first kappa shape index (κ1) is 22.7. The third kappa shape index (κ3) is 5.31. The SMILES string of the molecule is CCOc1c(I)cc(I)cc1C=Nc1sc2c(c1C(=O)Nc1ccccc1)CCCC2. The predicted molar refractivity (Wildman–Crippen MR) is 146 cm³/mol. The van der Waals surface area contributed by atoms with E-state index in [-0.39, 0.29) is 5.91 Å². The summed E-state index contributed by atoms with van der Waals surface area (Å²) >= 11 is 6.25. The number of anilines is 1. The van der Waals surface area contributed by atoms with Crippen LogP contribution in [0.2, 0.25) is 0 Å². The molecule has 1 aromatic heterocycles. The maximum Gasteiger partial charge on any atom is 0.259 e. The number of aliphatic imine (C=N–C) groups is 1. The fourth-order valence-electron chi connectivity index (χ4n) is 3.69. The van der Waals surface area contributed by atoms with E-state index in [2.05, 4.69) is 62.6 Å². The first-order valence-electron chi connectivity index (χ1n) is 10.2. The summed E-state index contributed by atoms with van der Waals surface area (Å²) in [5.74, 6) is 0.754. The Balaban J connectivity index is 1.72. The van der Waals surface area contributed by atoms with Crippen LogP contribution in [0.25, 0.3) is 0 Å². The molecule has 0 aliphatic heterocycles. The fraction of sp³-hybridized carbons (Fsp3) is 0.250. The molecule has 0 spiro atoms. The molecule has 0 bridgehead atoms. The highest BCUT2D eigenvalue weighted by Gasteiger charge is 2.25. The highest BCUT2D eigenvalue weighted by molar-refractivity contribution is 14.1. The van der Waals surface area contributed by atoms with Gasteiger partial charge >= 0.3 is 0 Å². The van der Waals surface area contributed by atoms with Gasteiger partial charge in [0.2, 0.25) is 0 Å². The number of halogens is 2. The fourth-order valence-corrected chi connectivity index (χ4v) is 6.97. The lowest BCUT2D eigenvalue weighted by atomic mass is 9.95. The Morgan fingerprint density at radius 1 is 1.19 bits per heavy atom. The Bertz CT molecular complexity index is 1130. The minimum absolute atomic E-state index is 0.0833. The molecule has 2 aromatic carbocycles. The number of ether oxygens (including phenoxy) is 1. The molecule has 31 heavy (non-hydrogen) atoms. The summed E-state index contributed by atoms with van der Waals surface area (Å²) in [5, 5.41) is 3.82. The van der Waals surface area contributed by atoms with E-state index < -0.39 is 0 Å². The van der Waals surface area contributed by atoms with Crippen LogP contribution < -0.4 is 10.1 Å². The summed E-state index contributed by atoms with van der Waals surface area (Å²) in [6.07, 6.45) is 6.07. The number of fused-ring (bicyclic) bond motifs is 1. The van der Waals surface area contributed by atoms with E-state index in [1.54, 1.807) is 11.3 Å². The quantitative estimate of drug-likeness (QED) is 0.225. The second-order valence-electron chi connectivity index (χ2n) is 7.21. The van der Waals surface area contributed by atoms with Gasteiger partial charge in [-0.2, -0.15) is 0 Å². The van der Waals surface area contributed by atoms with E-state index in [1.165, 1.54) is 16.9 Å². The van der Waals surface area contributed by atoms with Crippen LogP contribution >= 0.6 is 56.5 Å². The van der Waals surface area contributed by atoms with Crippen LogP contribution in [0.1, 0.15) is 46.1 Å². The highest BCUT2D eigenvalue weighted by Crippen LogP contribution is 2.40. The third-order valence-electron chi connectivity index (χ3n) is 5.06. The lowest BCUT2D eigenvalue weighted by Gasteiger charge is -2.13. The van der Waals surface area contributed by atoms with Crippen LogP contribution in [0.5, 0.6) is 5.75 Å². The molecule has 1 aliphatic rings. The molecule has 0 saturated carbocycles. The van der Waals surface area contributed by atoms with Gasteiger partial charge in [-0.15, -0.1) is 11.3 Å². The van der Waals surface area contributed by atoms with E-state index in [1.807, 2.05) is 43.5 Å². The van der Waals surface area contributed by atoms with Crippen molar-refractivity contribution in [2.24, 2.45) is 4.99 Å². The Morgan fingerprint density at radius 2 is 1.97 bits per heavy atom. The first-order valence-corrected chi connectivity index (χ1v) is 13.2. The second kappa shape index (κ2) is 10.4. The van der Waals surface area contributed by atoms with Gasteiger partial charge in [-0.3, -0.25) is 4.79 Å². The summed E-state index contributed by atoms with van der Waals surface area (Å²) < 4.78 is 8.05. The Labute approximate surface area is 213 Å². The van der Waals surface area contributed by atoms with Crippen molar-refractivity contribution in [2.75, 3.05) is 11.9 Å². The van der Waals surface area contributed by atoms with E-state index in [0.29, 0.717) is 6.61 Å². The molecule has 1 amide bonds. The molecule has 0 fully saturated rings. The number of amides is 1. The molecule has 3 aromatic rings. The molecule has 4 nitrogen and oxygen atoms in total. The highest BCUT2D eigenvalue weighted by atomic mass is 127. The summed E-state index contributed by atoms with van der Waals surface area (Å²) in [5.41, 5.74) is 3.61. The summed E-state index contributed by atoms with van der Waals surface area (Å²) in [7, 11) is 0. The van der Waals surface area contributed by atoms with Gasteiger partial charge in [-0.25, -0.2) is 4.99 Å². The largest absolute Gasteiger partial charge is 0.492 e. The lowest BCUT2D eigenvalue weighted by molar-refractivity contribution is 0.102. The number of hydrogen-bond donors (Lipinski definition) is 1. The van der Waals surface area contributed by atoms with Crippen LogP contribution in [-0.4, -0.2) is 18.7 Å². The monoisotopic (exact) mass is 656 g/mol. The first-order chi connectivity index (χ1) is 15.1. The zero-order chi connectivity index (χ0) is 21.8. The number of thiophene rings is 1. The van der Waals surface area contributed by atoms with E-state index in [9.17, 15) is 4.79 Å². The molecule has 1 heterocycles. The number of rotatable bonds is 6. The Hall–Kier alpha value is -1.46. The smallest absolute Gasteiger partial charge is 0.259 e. The molecule has 0 unspecified atom stereocenters. The maximum atomic E-state index is 13.3. The van der Waals surface area contributed by atoms with Crippen molar-refractivity contribution in [1.82, 2.24) is 0 Å². The molecule has 4 rings (SSSR count). The zero-order valence-corrected chi connectivity index (χ0v) is 22.2. The molecule has 0 saturated heterocycles. The summed E-state index contributed by atoms with van der Waals surface area (Å²) in [4.78, 5) is 19.4. The van der Waals surface area contributed by atoms with Crippen LogP contribution in [0.15, 0.2) is 47.5 Å². The van der Waals surface area contributed by atoms with E-state index in [0.717, 1.165) is 54.0 Å². The number of benzene rings is 2. The summed E-state index contributed by atoms with van der Waals surface area (Å²) in [6, 6.07) is 13.7. The Kier molecular flexibility index (Phi) is 7.65. The molecular formula is C24H22I2N2O2S. The van der Waals surface area contributed by atoms with Crippen LogP contribution in [0.3, 0.4) is 0 Å². The topological polar surface area (TPSA) is 50.7 Å². The number of nitrogens with one attached hydrogen (secondary N) is 1. The van der Waals surface area contributed by atoms with Crippen LogP contribution in [-0.2, 0) is 12.8 Å². The summed E-state index contributed by atoms with van der Waals surface area (Å²) in [6.45, 7) is 2.57. The number of nitrogens with zero attached hydrogens (tertiary/aromatic N) is 1. The molecular weight excluding hydrogens is 634 g/mol. The number of para-hydroxylation sites is 1. The van der Waals surface area contributed by atoms with Gasteiger partial charge in [-0.05, 0) is 108 Å². The average molecular weight is 656 g/mol. The van der Waals surface area contributed by atoms with Gasteiger partial charge in [0, 0.05) is 25.9 Å². The third-order valence-corrected chi connectivity index (χ3v) is 7.68. The molecule has 0 radical (unpaired) electrons. The maximum absolute atomic E-state index is 13.3. The minimum atomic E-state index is -0.0833. The van der Waals surface area contributed by atoms with Crippen molar-refractivity contribution in [3.05, 3.63) is 71.2 Å². The van der Waals surface area contributed by atoms with Crippen LogP contribution in [0.4, 0.5) is 10.7 Å². The normalized spacial score (nSPS) is 13.3. The standard InChI is InChI=1S/C24H22I2N2O2S/c1-2-30-22-15(12-16(25)13-19(22)26)14-27-24-21(18-10-6-7-11-20(18)31-24)23(29)28-17-8-4-3-5-9-17/h3-5,8-9,12-14H,2,6-7,10-11H2,1H3,(H,28,29). The number of carbonyl (C=O) groups excluding carboxylic acids is 1. The van der Waals surface area contributed by atoms with Gasteiger partial charge in [0.1, 0.15) is 10.8 Å². The molecule has 160 valence electrons. The van der Waals surface area contributed by atoms with E-state index in [4.69, 9.17) is 9.73 Å². The number of hydrogen-bond acceptors (Lipinski definition) is 4. The van der Waals surface area contributed by atoms with Crippen molar-refractivity contribution in [2.45, 2.75) is 32.6 Å². The van der Waals surface area contributed by atoms with Gasteiger partial charge in [0.25, 0.3) is 5.91 Å². The molecule has 1 aliphatic carbocycles. The van der Waals surface area contributed by atoms with Crippen molar-refractivity contribution in [3.8, 4) is 5.75 Å². The van der Waals surface area contributed by atoms with Gasteiger partial charge in [0.05, 0.1) is 15.7 Å². The lowest BCUT2D eigenvalue weighted by Crippen LogP contribution is -2.14.